The molecule has 1 unspecified atom stereocenters. The predicted octanol–water partition coefficient (Wildman–Crippen LogP) is 1.62. The van der Waals surface area contributed by atoms with Crippen LogP contribution in [0.5, 0.6) is 11.5 Å². The molecule has 0 aliphatic carbocycles. The van der Waals surface area contributed by atoms with Crippen molar-refractivity contribution < 1.29 is 14.6 Å². The van der Waals surface area contributed by atoms with E-state index in [4.69, 9.17) is 9.47 Å². The molecule has 94 valence electrons. The van der Waals surface area contributed by atoms with Crippen LogP contribution in [0.1, 0.15) is 12.5 Å². The number of rotatable bonds is 3. The lowest BCUT2D eigenvalue weighted by atomic mass is 10.1. The first-order valence-corrected chi connectivity index (χ1v) is 5.89. The molecule has 1 fully saturated rings. The summed E-state index contributed by atoms with van der Waals surface area (Å²) in [4.78, 5) is 2.33. The van der Waals surface area contributed by atoms with Gasteiger partial charge in [-0.1, -0.05) is 6.07 Å². The van der Waals surface area contributed by atoms with Crippen molar-refractivity contribution >= 4 is 0 Å². The fourth-order valence-corrected chi connectivity index (χ4v) is 2.13. The smallest absolute Gasteiger partial charge is 0.160 e. The fraction of sp³-hybridized carbons (Fsp3) is 0.538. The largest absolute Gasteiger partial charge is 0.504 e. The molecule has 0 radical (unpaired) electrons. The van der Waals surface area contributed by atoms with E-state index in [9.17, 15) is 5.11 Å². The van der Waals surface area contributed by atoms with E-state index in [0.29, 0.717) is 5.75 Å². The fourth-order valence-electron chi connectivity index (χ4n) is 2.13. The zero-order valence-electron chi connectivity index (χ0n) is 10.3. The Balaban J connectivity index is 2.00. The molecule has 1 aliphatic heterocycles. The van der Waals surface area contributed by atoms with Crippen LogP contribution in [0, 0.1) is 0 Å². The number of ether oxygens (including phenoxy) is 2. The normalized spacial score (nSPS) is 21.4. The molecule has 1 heterocycles. The van der Waals surface area contributed by atoms with Gasteiger partial charge in [0.2, 0.25) is 0 Å². The van der Waals surface area contributed by atoms with E-state index < -0.39 is 0 Å². The first-order valence-electron chi connectivity index (χ1n) is 5.89. The molecule has 1 atom stereocenters. The van der Waals surface area contributed by atoms with Gasteiger partial charge in [0, 0.05) is 19.6 Å². The highest BCUT2D eigenvalue weighted by molar-refractivity contribution is 5.41. The van der Waals surface area contributed by atoms with Gasteiger partial charge in [0.05, 0.1) is 19.8 Å². The second-order valence-electron chi connectivity index (χ2n) is 4.42. The van der Waals surface area contributed by atoms with Crippen molar-refractivity contribution in [2.24, 2.45) is 0 Å². The van der Waals surface area contributed by atoms with Gasteiger partial charge in [0.1, 0.15) is 0 Å². The highest BCUT2D eigenvalue weighted by atomic mass is 16.5. The van der Waals surface area contributed by atoms with Gasteiger partial charge in [-0.3, -0.25) is 4.90 Å². The number of nitrogens with zero attached hydrogens (tertiary/aromatic N) is 1. The molecular weight excluding hydrogens is 218 g/mol. The van der Waals surface area contributed by atoms with Crippen molar-refractivity contribution in [3.05, 3.63) is 23.8 Å². The first kappa shape index (κ1) is 12.2. The maximum absolute atomic E-state index is 9.70. The Labute approximate surface area is 102 Å². The summed E-state index contributed by atoms with van der Waals surface area (Å²) in [6.07, 6.45) is 0.288. The first-order chi connectivity index (χ1) is 8.19. The number of aromatic hydroxyl groups is 1. The predicted molar refractivity (Wildman–Crippen MR) is 65.3 cm³/mol. The van der Waals surface area contributed by atoms with Crippen LogP contribution in [0.25, 0.3) is 0 Å². The molecule has 1 aromatic carbocycles. The van der Waals surface area contributed by atoms with Crippen LogP contribution >= 0.6 is 0 Å². The van der Waals surface area contributed by atoms with E-state index in [1.807, 2.05) is 6.07 Å². The molecule has 0 saturated carbocycles. The molecule has 0 aromatic heterocycles. The van der Waals surface area contributed by atoms with Crippen LogP contribution < -0.4 is 4.74 Å². The third kappa shape index (κ3) is 3.11. The van der Waals surface area contributed by atoms with Crippen LogP contribution in [-0.4, -0.2) is 42.9 Å². The number of morpholine rings is 1. The quantitative estimate of drug-likeness (QED) is 0.867. The van der Waals surface area contributed by atoms with Gasteiger partial charge in [-0.2, -0.15) is 0 Å². The Bertz CT molecular complexity index is 381. The van der Waals surface area contributed by atoms with Crippen molar-refractivity contribution in [1.82, 2.24) is 4.90 Å². The third-order valence-electron chi connectivity index (χ3n) is 2.97. The van der Waals surface area contributed by atoms with Crippen LogP contribution in [0.15, 0.2) is 18.2 Å². The molecule has 1 N–H and O–H groups in total. The van der Waals surface area contributed by atoms with Crippen molar-refractivity contribution in [3.8, 4) is 11.5 Å². The van der Waals surface area contributed by atoms with Crippen molar-refractivity contribution in [3.63, 3.8) is 0 Å². The Morgan fingerprint density at radius 3 is 3.00 bits per heavy atom. The van der Waals surface area contributed by atoms with Gasteiger partial charge in [-0.15, -0.1) is 0 Å². The number of benzene rings is 1. The minimum Gasteiger partial charge on any atom is -0.504 e. The van der Waals surface area contributed by atoms with Gasteiger partial charge >= 0.3 is 0 Å². The van der Waals surface area contributed by atoms with Gasteiger partial charge in [-0.25, -0.2) is 0 Å². The van der Waals surface area contributed by atoms with E-state index in [1.54, 1.807) is 19.2 Å². The highest BCUT2D eigenvalue weighted by Gasteiger charge is 2.16. The van der Waals surface area contributed by atoms with Crippen LogP contribution in [0.2, 0.25) is 0 Å². The number of hydrogen-bond donors (Lipinski definition) is 1. The summed E-state index contributed by atoms with van der Waals surface area (Å²) in [5, 5.41) is 9.70. The Morgan fingerprint density at radius 1 is 1.53 bits per heavy atom. The average molecular weight is 237 g/mol. The summed E-state index contributed by atoms with van der Waals surface area (Å²) in [7, 11) is 1.55. The maximum atomic E-state index is 9.70. The molecule has 4 heteroatoms. The van der Waals surface area contributed by atoms with Gasteiger partial charge in [0.15, 0.2) is 11.5 Å². The Hall–Kier alpha value is -1.26. The minimum absolute atomic E-state index is 0.200. The minimum atomic E-state index is 0.200. The van der Waals surface area contributed by atoms with E-state index in [-0.39, 0.29) is 11.9 Å². The summed E-state index contributed by atoms with van der Waals surface area (Å²) < 4.78 is 10.5. The Kier molecular flexibility index (Phi) is 3.86. The van der Waals surface area contributed by atoms with Crippen molar-refractivity contribution in [1.29, 1.82) is 0 Å². The average Bonchev–Trinajstić information content (AvgIpc) is 2.29. The number of phenols is 1. The summed E-state index contributed by atoms with van der Waals surface area (Å²) in [5.74, 6) is 0.718. The molecule has 1 saturated heterocycles. The van der Waals surface area contributed by atoms with Crippen LogP contribution in [-0.2, 0) is 11.3 Å². The maximum Gasteiger partial charge on any atom is 0.160 e. The lowest BCUT2D eigenvalue weighted by Crippen LogP contribution is -2.40. The zero-order valence-corrected chi connectivity index (χ0v) is 10.3. The third-order valence-corrected chi connectivity index (χ3v) is 2.97. The second-order valence-corrected chi connectivity index (χ2v) is 4.42. The zero-order chi connectivity index (χ0) is 12.3. The summed E-state index contributed by atoms with van der Waals surface area (Å²) in [6.45, 7) is 5.58. The molecular formula is C13H19NO3. The number of methoxy groups -OCH3 is 1. The topological polar surface area (TPSA) is 41.9 Å². The summed E-state index contributed by atoms with van der Waals surface area (Å²) in [5.41, 5.74) is 1.09. The molecule has 0 amide bonds. The lowest BCUT2D eigenvalue weighted by Gasteiger charge is -2.31. The summed E-state index contributed by atoms with van der Waals surface area (Å²) in [6, 6.07) is 5.55. The van der Waals surface area contributed by atoms with E-state index in [2.05, 4.69) is 11.8 Å². The van der Waals surface area contributed by atoms with E-state index in [1.165, 1.54) is 0 Å². The van der Waals surface area contributed by atoms with Gasteiger partial charge in [0.25, 0.3) is 0 Å². The molecule has 0 bridgehead atoms. The number of hydrogen-bond acceptors (Lipinski definition) is 4. The molecule has 2 rings (SSSR count). The molecule has 1 aromatic rings. The standard InChI is InChI=1S/C13H19NO3/c1-10-8-14(5-6-17-10)9-11-3-4-13(16-2)12(15)7-11/h3-4,7,10,15H,5-6,8-9H2,1-2H3. The molecule has 0 spiro atoms. The highest BCUT2D eigenvalue weighted by Crippen LogP contribution is 2.26. The number of phenolic OH excluding ortho intramolecular Hbond substituents is 1. The van der Waals surface area contributed by atoms with Crippen molar-refractivity contribution in [2.75, 3.05) is 26.8 Å². The molecule has 1 aliphatic rings. The molecule has 4 nitrogen and oxygen atoms in total. The van der Waals surface area contributed by atoms with Crippen molar-refractivity contribution in [2.45, 2.75) is 19.6 Å². The monoisotopic (exact) mass is 237 g/mol. The molecule has 17 heavy (non-hydrogen) atoms. The van der Waals surface area contributed by atoms with Crippen LogP contribution in [0.4, 0.5) is 0 Å². The van der Waals surface area contributed by atoms with Crippen LogP contribution in [0.3, 0.4) is 0 Å². The van der Waals surface area contributed by atoms with Gasteiger partial charge < -0.3 is 14.6 Å². The SMILES string of the molecule is COc1ccc(CN2CCOC(C)C2)cc1O. The Morgan fingerprint density at radius 2 is 2.35 bits per heavy atom. The lowest BCUT2D eigenvalue weighted by molar-refractivity contribution is -0.0212. The van der Waals surface area contributed by atoms with E-state index in [0.717, 1.165) is 31.8 Å². The van der Waals surface area contributed by atoms with Gasteiger partial charge in [-0.05, 0) is 24.6 Å². The summed E-state index contributed by atoms with van der Waals surface area (Å²) >= 11 is 0. The second kappa shape index (κ2) is 5.38. The van der Waals surface area contributed by atoms with E-state index >= 15 is 0 Å².